The second-order valence-electron chi connectivity index (χ2n) is 6.32. The molecular weight excluding hydrogens is 324 g/mol. The van der Waals surface area contributed by atoms with Crippen LogP contribution >= 0.6 is 0 Å². The molecule has 0 aliphatic rings. The number of carbonyl (C=O) groups is 1. The molecule has 0 saturated heterocycles. The van der Waals surface area contributed by atoms with Crippen molar-refractivity contribution in [2.75, 3.05) is 6.26 Å². The van der Waals surface area contributed by atoms with Crippen molar-refractivity contribution in [1.82, 2.24) is 9.88 Å². The van der Waals surface area contributed by atoms with Crippen molar-refractivity contribution < 1.29 is 13.2 Å². The zero-order valence-electron chi connectivity index (χ0n) is 14.7. The minimum atomic E-state index is -3.31. The summed E-state index contributed by atoms with van der Waals surface area (Å²) in [5, 5.41) is 2.16. The molecule has 2 rings (SSSR count). The molecule has 5 nitrogen and oxygen atoms in total. The van der Waals surface area contributed by atoms with E-state index in [-0.39, 0.29) is 5.91 Å². The van der Waals surface area contributed by atoms with Crippen molar-refractivity contribution in [3.8, 4) is 0 Å². The number of hydrogen-bond donors (Lipinski definition) is 1. The van der Waals surface area contributed by atoms with E-state index >= 15 is 0 Å². The fourth-order valence-corrected chi connectivity index (χ4v) is 3.27. The van der Waals surface area contributed by atoms with Gasteiger partial charge in [-0.3, -0.25) is 4.79 Å². The first-order chi connectivity index (χ1) is 11.1. The lowest BCUT2D eigenvalue weighted by atomic mass is 10.0. The topological polar surface area (TPSA) is 68.2 Å². The highest BCUT2D eigenvalue weighted by Crippen LogP contribution is 2.23. The molecule has 0 unspecified atom stereocenters. The second kappa shape index (κ2) is 6.81. The molecule has 0 radical (unpaired) electrons. The third kappa shape index (κ3) is 3.87. The van der Waals surface area contributed by atoms with E-state index in [0.29, 0.717) is 5.69 Å². The molecule has 1 N–H and O–H groups in total. The van der Waals surface area contributed by atoms with Crippen LogP contribution in [-0.2, 0) is 16.9 Å². The zero-order chi connectivity index (χ0) is 18.1. The number of hydrogen-bond acceptors (Lipinski definition) is 3. The fourth-order valence-electron chi connectivity index (χ4n) is 2.55. The van der Waals surface area contributed by atoms with E-state index in [4.69, 9.17) is 0 Å². The summed E-state index contributed by atoms with van der Waals surface area (Å²) in [6.45, 7) is 5.49. The Morgan fingerprint density at radius 2 is 1.67 bits per heavy atom. The lowest BCUT2D eigenvalue weighted by Gasteiger charge is -2.25. The zero-order valence-corrected chi connectivity index (χ0v) is 15.5. The number of aromatic nitrogens is 1. The maximum absolute atomic E-state index is 12.6. The van der Waals surface area contributed by atoms with Crippen molar-refractivity contribution in [1.29, 1.82) is 0 Å². The van der Waals surface area contributed by atoms with E-state index in [0.717, 1.165) is 16.8 Å². The van der Waals surface area contributed by atoms with Crippen molar-refractivity contribution in [3.05, 3.63) is 58.9 Å². The first kappa shape index (κ1) is 18.3. The van der Waals surface area contributed by atoms with Gasteiger partial charge in [0.25, 0.3) is 5.91 Å². The molecule has 0 aliphatic carbocycles. The number of sulfone groups is 1. The average Bonchev–Trinajstić information content (AvgIpc) is 2.84. The summed E-state index contributed by atoms with van der Waals surface area (Å²) in [5.74, 6) is -0.285. The summed E-state index contributed by atoms with van der Waals surface area (Å²) < 4.78 is 25.9. The summed E-state index contributed by atoms with van der Waals surface area (Å²) in [7, 11) is -1.50. The van der Waals surface area contributed by atoms with Crippen LogP contribution in [0.2, 0.25) is 0 Å². The Morgan fingerprint density at radius 3 is 2.12 bits per heavy atom. The Labute approximate surface area is 143 Å². The maximum Gasteiger partial charge on any atom is 0.268 e. The molecule has 1 aromatic carbocycles. The van der Waals surface area contributed by atoms with Gasteiger partial charge < -0.3 is 9.88 Å². The van der Waals surface area contributed by atoms with Crippen LogP contribution in [0.1, 0.15) is 40.3 Å². The predicted molar refractivity (Wildman–Crippen MR) is 95.8 cm³/mol. The van der Waals surface area contributed by atoms with Crippen LogP contribution in [0.15, 0.2) is 36.4 Å². The molecule has 2 atom stereocenters. The molecular formula is C18H24N2O3S. The smallest absolute Gasteiger partial charge is 0.268 e. The Hall–Kier alpha value is -2.08. The fraction of sp³-hybridized carbons (Fsp3) is 0.389. The summed E-state index contributed by atoms with van der Waals surface area (Å²) in [6.07, 6.45) is 1.19. The summed E-state index contributed by atoms with van der Waals surface area (Å²) in [4.78, 5) is 12.6. The van der Waals surface area contributed by atoms with Gasteiger partial charge in [0.05, 0.1) is 11.3 Å². The van der Waals surface area contributed by atoms with Crippen LogP contribution in [-0.4, -0.2) is 30.4 Å². The van der Waals surface area contributed by atoms with Gasteiger partial charge in [-0.2, -0.15) is 0 Å². The molecule has 0 spiro atoms. The van der Waals surface area contributed by atoms with Crippen molar-refractivity contribution in [2.45, 2.75) is 32.1 Å². The van der Waals surface area contributed by atoms with Crippen molar-refractivity contribution >= 4 is 15.7 Å². The lowest BCUT2D eigenvalue weighted by Crippen LogP contribution is -2.39. The van der Waals surface area contributed by atoms with Gasteiger partial charge in [-0.05, 0) is 38.5 Å². The van der Waals surface area contributed by atoms with E-state index in [1.807, 2.05) is 51.2 Å². The van der Waals surface area contributed by atoms with Gasteiger partial charge in [0, 0.05) is 19.0 Å². The highest BCUT2D eigenvalue weighted by molar-refractivity contribution is 7.91. The van der Waals surface area contributed by atoms with Gasteiger partial charge in [0.15, 0.2) is 9.84 Å². The minimum Gasteiger partial charge on any atom is -0.344 e. The predicted octanol–water partition coefficient (Wildman–Crippen LogP) is 2.55. The number of benzene rings is 1. The van der Waals surface area contributed by atoms with Gasteiger partial charge in [0.2, 0.25) is 0 Å². The Bertz CT molecular complexity index is 836. The van der Waals surface area contributed by atoms with E-state index in [1.165, 1.54) is 6.26 Å². The standard InChI is InChI=1S/C18H24N2O3S/c1-12-6-9-15(10-7-12)17(14(3)24(5,22)23)19-18(21)16-11-8-13(2)20(16)4/h6-11,14,17H,1-5H3,(H,19,21)/t14-,17+/m1/s1. The summed E-state index contributed by atoms with van der Waals surface area (Å²) in [5.41, 5.74) is 3.32. The molecule has 1 aromatic heterocycles. The lowest BCUT2D eigenvalue weighted by molar-refractivity contribution is 0.0928. The molecule has 24 heavy (non-hydrogen) atoms. The first-order valence-electron chi connectivity index (χ1n) is 7.80. The number of nitrogens with one attached hydrogen (secondary N) is 1. The summed E-state index contributed by atoms with van der Waals surface area (Å²) >= 11 is 0. The molecule has 130 valence electrons. The van der Waals surface area contributed by atoms with Crippen molar-refractivity contribution in [2.24, 2.45) is 7.05 Å². The Morgan fingerprint density at radius 1 is 1.08 bits per heavy atom. The molecule has 2 aromatic rings. The van der Waals surface area contributed by atoms with Gasteiger partial charge in [-0.25, -0.2) is 8.42 Å². The van der Waals surface area contributed by atoms with Crippen LogP contribution in [0.3, 0.4) is 0 Å². The van der Waals surface area contributed by atoms with E-state index < -0.39 is 21.1 Å². The molecule has 1 amide bonds. The third-order valence-corrected chi connectivity index (χ3v) is 6.10. The number of aryl methyl sites for hydroxylation is 2. The summed E-state index contributed by atoms with van der Waals surface area (Å²) in [6, 6.07) is 10.5. The second-order valence-corrected chi connectivity index (χ2v) is 8.72. The monoisotopic (exact) mass is 348 g/mol. The normalized spacial score (nSPS) is 14.2. The largest absolute Gasteiger partial charge is 0.344 e. The third-order valence-electron chi connectivity index (χ3n) is 4.47. The number of nitrogens with zero attached hydrogens (tertiary/aromatic N) is 1. The van der Waals surface area contributed by atoms with Crippen LogP contribution in [0.4, 0.5) is 0 Å². The van der Waals surface area contributed by atoms with Crippen LogP contribution in [0, 0.1) is 13.8 Å². The molecule has 1 heterocycles. The Balaban J connectivity index is 2.37. The first-order valence-corrected chi connectivity index (χ1v) is 9.75. The van der Waals surface area contributed by atoms with E-state index in [2.05, 4.69) is 5.32 Å². The van der Waals surface area contributed by atoms with Gasteiger partial charge >= 0.3 is 0 Å². The van der Waals surface area contributed by atoms with E-state index in [9.17, 15) is 13.2 Å². The molecule has 0 aliphatic heterocycles. The van der Waals surface area contributed by atoms with Gasteiger partial charge in [-0.1, -0.05) is 29.8 Å². The maximum atomic E-state index is 12.6. The quantitative estimate of drug-likeness (QED) is 0.903. The van der Waals surface area contributed by atoms with Crippen LogP contribution in [0.25, 0.3) is 0 Å². The minimum absolute atomic E-state index is 0.285. The SMILES string of the molecule is Cc1ccc([C@@H](NC(=O)c2ccc(C)n2C)[C@@H](C)S(C)(=O)=O)cc1. The van der Waals surface area contributed by atoms with Crippen LogP contribution < -0.4 is 5.32 Å². The highest BCUT2D eigenvalue weighted by Gasteiger charge is 2.29. The van der Waals surface area contributed by atoms with Crippen LogP contribution in [0.5, 0.6) is 0 Å². The van der Waals surface area contributed by atoms with Gasteiger partial charge in [-0.15, -0.1) is 0 Å². The van der Waals surface area contributed by atoms with E-state index in [1.54, 1.807) is 17.6 Å². The average molecular weight is 348 g/mol. The molecule has 0 fully saturated rings. The number of amides is 1. The number of rotatable bonds is 5. The number of carbonyl (C=O) groups excluding carboxylic acids is 1. The highest BCUT2D eigenvalue weighted by atomic mass is 32.2. The van der Waals surface area contributed by atoms with Crippen molar-refractivity contribution in [3.63, 3.8) is 0 Å². The molecule has 0 bridgehead atoms. The van der Waals surface area contributed by atoms with Gasteiger partial charge in [0.1, 0.15) is 5.69 Å². The Kier molecular flexibility index (Phi) is 5.18. The molecule has 0 saturated carbocycles. The molecule has 6 heteroatoms.